The van der Waals surface area contributed by atoms with Crippen molar-refractivity contribution in [3.05, 3.63) is 65.7 Å². The number of aryl methyl sites for hydroxylation is 1. The number of amides is 1. The second kappa shape index (κ2) is 10.5. The Kier molecular flexibility index (Phi) is 7.51. The van der Waals surface area contributed by atoms with Crippen LogP contribution in [0, 0.1) is 11.3 Å². The van der Waals surface area contributed by atoms with Crippen molar-refractivity contribution in [3.8, 4) is 0 Å². The molecule has 32 heavy (non-hydrogen) atoms. The summed E-state index contributed by atoms with van der Waals surface area (Å²) in [5.74, 6) is 0.535. The van der Waals surface area contributed by atoms with Gasteiger partial charge in [-0.15, -0.1) is 0 Å². The minimum atomic E-state index is 0.245. The van der Waals surface area contributed by atoms with Gasteiger partial charge in [-0.1, -0.05) is 42.5 Å². The van der Waals surface area contributed by atoms with Crippen LogP contribution in [0.25, 0.3) is 0 Å². The summed E-state index contributed by atoms with van der Waals surface area (Å²) in [6.45, 7) is 10.5. The first-order valence-corrected chi connectivity index (χ1v) is 12.5. The topological polar surface area (TPSA) is 35.6 Å². The minimum Gasteiger partial charge on any atom is -0.372 e. The summed E-state index contributed by atoms with van der Waals surface area (Å²) in [5.41, 5.74) is 4.33. The average molecular weight is 434 g/mol. The van der Waals surface area contributed by atoms with Crippen molar-refractivity contribution in [2.24, 2.45) is 11.3 Å². The fourth-order valence-corrected chi connectivity index (χ4v) is 5.36. The predicted molar refractivity (Wildman–Crippen MR) is 133 cm³/mol. The number of rotatable bonds is 10. The molecule has 0 aromatic heterocycles. The highest BCUT2D eigenvalue weighted by atomic mass is 16.2. The van der Waals surface area contributed by atoms with Gasteiger partial charge < -0.3 is 10.2 Å². The highest BCUT2D eigenvalue weighted by molar-refractivity contribution is 5.82. The molecule has 0 bridgehead atoms. The number of carbonyl (C=O) groups excluding carboxylic acids is 1. The van der Waals surface area contributed by atoms with Gasteiger partial charge in [-0.25, -0.2) is 0 Å². The lowest BCUT2D eigenvalue weighted by Gasteiger charge is -2.33. The molecule has 0 radical (unpaired) electrons. The molecule has 1 amide bonds. The SMILES string of the molecule is CCN(CC)c1ccc(CN2CCC3(CC2)CC3C(=O)NCCCc2ccccc2)cc1. The van der Waals surface area contributed by atoms with Gasteiger partial charge in [-0.2, -0.15) is 0 Å². The van der Waals surface area contributed by atoms with Gasteiger partial charge in [0.2, 0.25) is 5.91 Å². The van der Waals surface area contributed by atoms with Crippen molar-refractivity contribution in [2.45, 2.75) is 52.5 Å². The van der Waals surface area contributed by atoms with Crippen molar-refractivity contribution in [1.29, 1.82) is 0 Å². The van der Waals surface area contributed by atoms with E-state index in [-0.39, 0.29) is 11.3 Å². The fourth-order valence-electron chi connectivity index (χ4n) is 5.36. The summed E-state index contributed by atoms with van der Waals surface area (Å²) >= 11 is 0. The third kappa shape index (κ3) is 5.53. The molecule has 4 nitrogen and oxygen atoms in total. The molecule has 1 heterocycles. The van der Waals surface area contributed by atoms with Gasteiger partial charge in [0.15, 0.2) is 0 Å². The van der Waals surface area contributed by atoms with Crippen LogP contribution in [0.1, 0.15) is 50.7 Å². The molecule has 2 aliphatic rings. The number of piperidine rings is 1. The van der Waals surface area contributed by atoms with Crippen LogP contribution in [0.2, 0.25) is 0 Å². The molecule has 2 aromatic rings. The maximum absolute atomic E-state index is 12.7. The van der Waals surface area contributed by atoms with E-state index in [1.165, 1.54) is 16.8 Å². The van der Waals surface area contributed by atoms with E-state index in [1.807, 2.05) is 6.07 Å². The van der Waals surface area contributed by atoms with Gasteiger partial charge >= 0.3 is 0 Å². The average Bonchev–Trinajstić information content (AvgIpc) is 3.54. The van der Waals surface area contributed by atoms with Crippen LogP contribution < -0.4 is 10.2 Å². The van der Waals surface area contributed by atoms with Gasteiger partial charge in [0, 0.05) is 37.8 Å². The molecule has 2 aromatic carbocycles. The highest BCUT2D eigenvalue weighted by Gasteiger charge is 2.58. The third-order valence-electron chi connectivity index (χ3n) is 7.61. The normalized spacial score (nSPS) is 19.6. The summed E-state index contributed by atoms with van der Waals surface area (Å²) < 4.78 is 0. The summed E-state index contributed by atoms with van der Waals surface area (Å²) in [5, 5.41) is 3.20. The van der Waals surface area contributed by atoms with Crippen molar-refractivity contribution in [3.63, 3.8) is 0 Å². The molecule has 1 unspecified atom stereocenters. The number of hydrogen-bond donors (Lipinski definition) is 1. The van der Waals surface area contributed by atoms with Gasteiger partial charge in [0.1, 0.15) is 0 Å². The monoisotopic (exact) mass is 433 g/mol. The number of nitrogens with zero attached hydrogens (tertiary/aromatic N) is 2. The largest absolute Gasteiger partial charge is 0.372 e. The lowest BCUT2D eigenvalue weighted by Crippen LogP contribution is -2.37. The number of benzene rings is 2. The van der Waals surface area contributed by atoms with Crippen LogP contribution in [0.4, 0.5) is 5.69 Å². The van der Waals surface area contributed by atoms with E-state index in [0.717, 1.165) is 71.4 Å². The first-order valence-electron chi connectivity index (χ1n) is 12.5. The Bertz CT molecular complexity index is 852. The minimum absolute atomic E-state index is 0.245. The van der Waals surface area contributed by atoms with E-state index in [9.17, 15) is 4.79 Å². The number of hydrogen-bond acceptors (Lipinski definition) is 3. The van der Waals surface area contributed by atoms with Gasteiger partial charge in [-0.05, 0) is 87.7 Å². The van der Waals surface area contributed by atoms with Crippen molar-refractivity contribution in [2.75, 3.05) is 37.6 Å². The van der Waals surface area contributed by atoms with Crippen molar-refractivity contribution in [1.82, 2.24) is 10.2 Å². The molecular weight excluding hydrogens is 394 g/mol. The summed E-state index contributed by atoms with van der Waals surface area (Å²) in [6, 6.07) is 19.6. The predicted octanol–water partition coefficient (Wildman–Crippen LogP) is 4.88. The molecule has 1 spiro atoms. The number of anilines is 1. The Morgan fingerprint density at radius 3 is 2.34 bits per heavy atom. The molecular formula is C28H39N3O. The first kappa shape index (κ1) is 22.8. The standard InChI is InChI=1S/C28H39N3O/c1-3-31(4-2)25-14-12-24(13-15-25)22-30-19-16-28(17-20-30)21-26(28)27(32)29-18-8-11-23-9-6-5-7-10-23/h5-7,9-10,12-15,26H,3-4,8,11,16-22H2,1-2H3,(H,29,32). The molecule has 1 saturated heterocycles. The lowest BCUT2D eigenvalue weighted by molar-refractivity contribution is -0.123. The fraction of sp³-hybridized carbons (Fsp3) is 0.536. The molecule has 4 rings (SSSR count). The Hall–Kier alpha value is -2.33. The van der Waals surface area contributed by atoms with E-state index >= 15 is 0 Å². The smallest absolute Gasteiger partial charge is 0.223 e. The first-order chi connectivity index (χ1) is 15.6. The summed E-state index contributed by atoms with van der Waals surface area (Å²) in [4.78, 5) is 17.6. The maximum atomic E-state index is 12.7. The zero-order valence-corrected chi connectivity index (χ0v) is 19.9. The van der Waals surface area contributed by atoms with Crippen LogP contribution in [0.15, 0.2) is 54.6 Å². The number of carbonyl (C=O) groups is 1. The molecule has 1 saturated carbocycles. The molecule has 172 valence electrons. The quantitative estimate of drug-likeness (QED) is 0.542. The van der Waals surface area contributed by atoms with E-state index in [1.54, 1.807) is 0 Å². The third-order valence-corrected chi connectivity index (χ3v) is 7.61. The molecule has 1 aliphatic carbocycles. The van der Waals surface area contributed by atoms with Crippen LogP contribution in [-0.2, 0) is 17.8 Å². The second-order valence-corrected chi connectivity index (χ2v) is 9.61. The molecule has 1 N–H and O–H groups in total. The Morgan fingerprint density at radius 2 is 1.69 bits per heavy atom. The summed E-state index contributed by atoms with van der Waals surface area (Å²) in [6.07, 6.45) is 5.45. The van der Waals surface area contributed by atoms with Gasteiger partial charge in [-0.3, -0.25) is 9.69 Å². The zero-order chi connectivity index (χ0) is 22.4. The second-order valence-electron chi connectivity index (χ2n) is 9.61. The molecule has 2 fully saturated rings. The Morgan fingerprint density at radius 1 is 1.00 bits per heavy atom. The number of likely N-dealkylation sites (tertiary alicyclic amines) is 1. The lowest BCUT2D eigenvalue weighted by atomic mass is 9.90. The van der Waals surface area contributed by atoms with Crippen LogP contribution in [-0.4, -0.2) is 43.5 Å². The molecule has 1 aliphatic heterocycles. The van der Waals surface area contributed by atoms with E-state index in [4.69, 9.17) is 0 Å². The Labute approximate surface area is 194 Å². The maximum Gasteiger partial charge on any atom is 0.223 e. The van der Waals surface area contributed by atoms with Gasteiger partial charge in [0.25, 0.3) is 0 Å². The molecule has 1 atom stereocenters. The van der Waals surface area contributed by atoms with Crippen LogP contribution in [0.5, 0.6) is 0 Å². The van der Waals surface area contributed by atoms with Crippen molar-refractivity contribution < 1.29 is 4.79 Å². The van der Waals surface area contributed by atoms with E-state index in [0.29, 0.717) is 5.91 Å². The van der Waals surface area contributed by atoms with E-state index in [2.05, 4.69) is 77.5 Å². The van der Waals surface area contributed by atoms with Crippen LogP contribution >= 0.6 is 0 Å². The molecule has 4 heteroatoms. The zero-order valence-electron chi connectivity index (χ0n) is 19.9. The summed E-state index contributed by atoms with van der Waals surface area (Å²) in [7, 11) is 0. The number of nitrogens with one attached hydrogen (secondary N) is 1. The highest BCUT2D eigenvalue weighted by Crippen LogP contribution is 2.59. The Balaban J connectivity index is 1.17. The van der Waals surface area contributed by atoms with Crippen molar-refractivity contribution >= 4 is 11.6 Å². The van der Waals surface area contributed by atoms with Gasteiger partial charge in [0.05, 0.1) is 0 Å². The van der Waals surface area contributed by atoms with E-state index < -0.39 is 0 Å². The van der Waals surface area contributed by atoms with Crippen LogP contribution in [0.3, 0.4) is 0 Å².